The zero-order valence-electron chi connectivity index (χ0n) is 11.6. The number of thiazole rings is 1. The molecular formula is C14H25N3S. The maximum atomic E-state index is 4.48. The van der Waals surface area contributed by atoms with Crippen LogP contribution in [0.5, 0.6) is 0 Å². The van der Waals surface area contributed by atoms with E-state index in [0.717, 1.165) is 25.6 Å². The molecule has 102 valence electrons. The molecule has 4 heteroatoms. The fourth-order valence-corrected chi connectivity index (χ4v) is 3.29. The lowest BCUT2D eigenvalue weighted by Gasteiger charge is -2.32. The van der Waals surface area contributed by atoms with Crippen molar-refractivity contribution in [2.75, 3.05) is 26.7 Å². The molecule has 18 heavy (non-hydrogen) atoms. The minimum Gasteiger partial charge on any atom is -0.316 e. The largest absolute Gasteiger partial charge is 0.316 e. The molecule has 0 aliphatic carbocycles. The van der Waals surface area contributed by atoms with Gasteiger partial charge in [0.25, 0.3) is 0 Å². The average molecular weight is 267 g/mol. The van der Waals surface area contributed by atoms with Crippen LogP contribution in [0.4, 0.5) is 0 Å². The van der Waals surface area contributed by atoms with E-state index >= 15 is 0 Å². The normalized spacial score (nSPS) is 21.3. The second-order valence-electron chi connectivity index (χ2n) is 5.28. The maximum absolute atomic E-state index is 4.48. The Labute approximate surface area is 115 Å². The van der Waals surface area contributed by atoms with Gasteiger partial charge < -0.3 is 10.2 Å². The molecule has 2 heterocycles. The van der Waals surface area contributed by atoms with Crippen LogP contribution in [0.25, 0.3) is 0 Å². The van der Waals surface area contributed by atoms with Crippen LogP contribution in [-0.4, -0.2) is 42.6 Å². The van der Waals surface area contributed by atoms with Crippen LogP contribution in [0.3, 0.4) is 0 Å². The molecule has 1 aliphatic heterocycles. The molecule has 1 unspecified atom stereocenters. The Morgan fingerprint density at radius 2 is 2.33 bits per heavy atom. The molecular weight excluding hydrogens is 242 g/mol. The van der Waals surface area contributed by atoms with Crippen molar-refractivity contribution in [1.29, 1.82) is 0 Å². The molecule has 1 aromatic rings. The van der Waals surface area contributed by atoms with Crippen molar-refractivity contribution < 1.29 is 0 Å². The van der Waals surface area contributed by atoms with Gasteiger partial charge in [-0.2, -0.15) is 0 Å². The highest BCUT2D eigenvalue weighted by Gasteiger charge is 2.17. The van der Waals surface area contributed by atoms with Gasteiger partial charge in [-0.25, -0.2) is 4.98 Å². The summed E-state index contributed by atoms with van der Waals surface area (Å²) in [5.74, 6) is 0. The Morgan fingerprint density at radius 3 is 3.06 bits per heavy atom. The van der Waals surface area contributed by atoms with Gasteiger partial charge in [-0.1, -0.05) is 6.42 Å². The number of hydrogen-bond acceptors (Lipinski definition) is 4. The van der Waals surface area contributed by atoms with Crippen LogP contribution in [0, 0.1) is 6.92 Å². The molecule has 0 saturated carbocycles. The number of piperidine rings is 1. The second-order valence-corrected chi connectivity index (χ2v) is 6.34. The first-order valence-corrected chi connectivity index (χ1v) is 7.95. The lowest BCUT2D eigenvalue weighted by Crippen LogP contribution is -2.38. The van der Waals surface area contributed by atoms with Crippen LogP contribution >= 0.6 is 11.3 Å². The summed E-state index contributed by atoms with van der Waals surface area (Å²) in [7, 11) is 2.27. The Kier molecular flexibility index (Phi) is 5.60. The highest BCUT2D eigenvalue weighted by Crippen LogP contribution is 2.17. The summed E-state index contributed by atoms with van der Waals surface area (Å²) in [4.78, 5) is 7.00. The van der Waals surface area contributed by atoms with Gasteiger partial charge >= 0.3 is 0 Å². The zero-order chi connectivity index (χ0) is 12.8. The number of likely N-dealkylation sites (tertiary alicyclic amines) is 1. The molecule has 1 aliphatic rings. The van der Waals surface area contributed by atoms with E-state index in [1.807, 2.05) is 0 Å². The molecule has 0 amide bonds. The summed E-state index contributed by atoms with van der Waals surface area (Å²) in [6.45, 7) is 5.54. The molecule has 2 rings (SSSR count). The Balaban J connectivity index is 1.55. The van der Waals surface area contributed by atoms with Crippen molar-refractivity contribution in [3.8, 4) is 0 Å². The summed E-state index contributed by atoms with van der Waals surface area (Å²) in [5.41, 5.74) is 1.24. The van der Waals surface area contributed by atoms with Crippen molar-refractivity contribution in [3.63, 3.8) is 0 Å². The first-order valence-electron chi connectivity index (χ1n) is 7.07. The van der Waals surface area contributed by atoms with Crippen LogP contribution in [0.1, 0.15) is 36.4 Å². The molecule has 1 N–H and O–H groups in total. The Morgan fingerprint density at radius 1 is 1.44 bits per heavy atom. The van der Waals surface area contributed by atoms with E-state index in [1.54, 1.807) is 11.3 Å². The van der Waals surface area contributed by atoms with Gasteiger partial charge in [-0.05, 0) is 46.3 Å². The highest BCUT2D eigenvalue weighted by molar-refractivity contribution is 7.09. The molecule has 1 atom stereocenters. The number of aryl methyl sites for hydroxylation is 1. The third kappa shape index (κ3) is 4.34. The molecule has 1 aromatic heterocycles. The maximum Gasteiger partial charge on any atom is 0.0897 e. The van der Waals surface area contributed by atoms with Crippen LogP contribution < -0.4 is 5.32 Å². The van der Waals surface area contributed by atoms with E-state index in [-0.39, 0.29) is 0 Å². The van der Waals surface area contributed by atoms with Crippen molar-refractivity contribution in [2.45, 2.75) is 45.1 Å². The third-order valence-electron chi connectivity index (χ3n) is 3.80. The minimum absolute atomic E-state index is 0.799. The van der Waals surface area contributed by atoms with Crippen molar-refractivity contribution >= 4 is 11.3 Å². The third-order valence-corrected chi connectivity index (χ3v) is 4.62. The Hall–Kier alpha value is -0.450. The summed E-state index contributed by atoms with van der Waals surface area (Å²) in [5, 5.41) is 6.90. The molecule has 0 bridgehead atoms. The van der Waals surface area contributed by atoms with Crippen LogP contribution in [-0.2, 0) is 6.42 Å². The van der Waals surface area contributed by atoms with Gasteiger partial charge in [0.15, 0.2) is 0 Å². The van der Waals surface area contributed by atoms with E-state index < -0.39 is 0 Å². The van der Waals surface area contributed by atoms with E-state index in [9.17, 15) is 0 Å². The summed E-state index contributed by atoms with van der Waals surface area (Å²) in [6.07, 6.45) is 6.51. The first-order chi connectivity index (χ1) is 8.75. The van der Waals surface area contributed by atoms with Crippen LogP contribution in [0.2, 0.25) is 0 Å². The predicted molar refractivity (Wildman–Crippen MR) is 78.3 cm³/mol. The van der Waals surface area contributed by atoms with Gasteiger partial charge in [-0.15, -0.1) is 11.3 Å². The topological polar surface area (TPSA) is 28.2 Å². The van der Waals surface area contributed by atoms with E-state index in [2.05, 4.69) is 34.6 Å². The molecule has 1 fully saturated rings. The zero-order valence-corrected chi connectivity index (χ0v) is 12.4. The van der Waals surface area contributed by atoms with Gasteiger partial charge in [-0.3, -0.25) is 0 Å². The van der Waals surface area contributed by atoms with Crippen LogP contribution in [0.15, 0.2) is 5.38 Å². The van der Waals surface area contributed by atoms with Gasteiger partial charge in [0.05, 0.1) is 10.7 Å². The van der Waals surface area contributed by atoms with E-state index in [4.69, 9.17) is 0 Å². The van der Waals surface area contributed by atoms with Crippen molar-refractivity contribution in [2.24, 2.45) is 0 Å². The number of hydrogen-bond donors (Lipinski definition) is 1. The minimum atomic E-state index is 0.799. The van der Waals surface area contributed by atoms with Crippen molar-refractivity contribution in [3.05, 3.63) is 16.1 Å². The number of nitrogens with one attached hydrogen (secondary N) is 1. The highest BCUT2D eigenvalue weighted by atomic mass is 32.1. The Bertz CT molecular complexity index is 351. The van der Waals surface area contributed by atoms with E-state index in [1.165, 1.54) is 42.9 Å². The molecule has 0 spiro atoms. The van der Waals surface area contributed by atoms with Crippen molar-refractivity contribution in [1.82, 2.24) is 15.2 Å². The van der Waals surface area contributed by atoms with E-state index in [0.29, 0.717) is 0 Å². The summed E-state index contributed by atoms with van der Waals surface area (Å²) in [6, 6.07) is 0.799. The summed E-state index contributed by atoms with van der Waals surface area (Å²) >= 11 is 1.75. The van der Waals surface area contributed by atoms with Gasteiger partial charge in [0, 0.05) is 24.4 Å². The lowest BCUT2D eigenvalue weighted by atomic mass is 10.0. The molecule has 3 nitrogen and oxygen atoms in total. The average Bonchev–Trinajstić information content (AvgIpc) is 2.77. The SMILES string of the molecule is Cc1nc(CCNCCC2CCCCN2C)cs1. The predicted octanol–water partition coefficient (Wildman–Crippen LogP) is 2.46. The quantitative estimate of drug-likeness (QED) is 0.803. The smallest absolute Gasteiger partial charge is 0.0897 e. The monoisotopic (exact) mass is 267 g/mol. The standard InChI is InChI=1S/C14H25N3S/c1-12-16-13(11-18-12)6-8-15-9-7-14-5-3-4-10-17(14)2/h11,14-15H,3-10H2,1-2H3. The first kappa shape index (κ1) is 14.0. The summed E-state index contributed by atoms with van der Waals surface area (Å²) < 4.78 is 0. The fraction of sp³-hybridized carbons (Fsp3) is 0.786. The van der Waals surface area contributed by atoms with Gasteiger partial charge in [0.2, 0.25) is 0 Å². The number of aromatic nitrogens is 1. The molecule has 0 radical (unpaired) electrons. The van der Waals surface area contributed by atoms with Gasteiger partial charge in [0.1, 0.15) is 0 Å². The lowest BCUT2D eigenvalue weighted by molar-refractivity contribution is 0.175. The fourth-order valence-electron chi connectivity index (χ4n) is 2.64. The number of rotatable bonds is 6. The molecule has 0 aromatic carbocycles. The number of nitrogens with zero attached hydrogens (tertiary/aromatic N) is 2. The second kappa shape index (κ2) is 7.22. The molecule has 1 saturated heterocycles.